The molecule has 0 N–H and O–H groups in total. The van der Waals surface area contributed by atoms with Crippen LogP contribution in [0.1, 0.15) is 32.7 Å². The molecule has 3 heterocycles. The Balaban J connectivity index is 1.20. The number of benzene rings is 2. The Morgan fingerprint density at radius 3 is 2.41 bits per heavy atom. The lowest BCUT2D eigenvalue weighted by molar-refractivity contribution is 0.0733. The van der Waals surface area contributed by atoms with Gasteiger partial charge in [0.1, 0.15) is 12.4 Å². The number of carbonyl (C=O) groups is 1. The minimum Gasteiger partial charge on any atom is -0.491 e. The smallest absolute Gasteiger partial charge is 0.254 e. The molecule has 6 heteroatoms. The van der Waals surface area contributed by atoms with E-state index in [0.29, 0.717) is 19.7 Å². The van der Waals surface area contributed by atoms with E-state index in [1.54, 1.807) is 0 Å². The Kier molecular flexibility index (Phi) is 6.88. The zero-order chi connectivity index (χ0) is 23.3. The molecule has 2 aromatic carbocycles. The first-order valence-corrected chi connectivity index (χ1v) is 12.1. The summed E-state index contributed by atoms with van der Waals surface area (Å²) in [4.78, 5) is 24.4. The fourth-order valence-electron chi connectivity index (χ4n) is 4.68. The van der Waals surface area contributed by atoms with Crippen LogP contribution < -0.4 is 4.74 Å². The second-order valence-electron chi connectivity index (χ2n) is 9.26. The molecule has 2 aliphatic heterocycles. The highest BCUT2D eigenvalue weighted by atomic mass is 16.5. The summed E-state index contributed by atoms with van der Waals surface area (Å²) in [6.45, 7) is 9.72. The Morgan fingerprint density at radius 1 is 0.912 bits per heavy atom. The largest absolute Gasteiger partial charge is 0.491 e. The Morgan fingerprint density at radius 2 is 1.68 bits per heavy atom. The van der Waals surface area contributed by atoms with E-state index < -0.39 is 0 Å². The van der Waals surface area contributed by atoms with E-state index in [2.05, 4.69) is 45.1 Å². The fourth-order valence-corrected chi connectivity index (χ4v) is 4.68. The lowest BCUT2D eigenvalue weighted by Crippen LogP contribution is -2.45. The maximum atomic E-state index is 13.1. The SMILES string of the molecule is Cc1ccc(C(=O)N2CCOc3ccc(CN4CCN(Cc5ccccn5)CC4)cc3C2)cc1. The van der Waals surface area contributed by atoms with Crippen molar-refractivity contribution in [2.45, 2.75) is 26.6 Å². The molecule has 176 valence electrons. The summed E-state index contributed by atoms with van der Waals surface area (Å²) in [7, 11) is 0. The Bertz CT molecular complexity index is 1110. The molecule has 5 rings (SSSR count). The van der Waals surface area contributed by atoms with Gasteiger partial charge in [-0.05, 0) is 48.9 Å². The highest BCUT2D eigenvalue weighted by Crippen LogP contribution is 2.26. The average Bonchev–Trinajstić information content (AvgIpc) is 3.08. The maximum absolute atomic E-state index is 13.1. The minimum absolute atomic E-state index is 0.0610. The van der Waals surface area contributed by atoms with Crippen LogP contribution in [0.2, 0.25) is 0 Å². The van der Waals surface area contributed by atoms with Gasteiger partial charge in [-0.3, -0.25) is 19.6 Å². The van der Waals surface area contributed by atoms with Crippen molar-refractivity contribution in [1.29, 1.82) is 0 Å². The number of carbonyl (C=O) groups excluding carboxylic acids is 1. The lowest BCUT2D eigenvalue weighted by atomic mass is 10.1. The van der Waals surface area contributed by atoms with Crippen molar-refractivity contribution in [1.82, 2.24) is 19.7 Å². The molecule has 1 aromatic heterocycles. The highest BCUT2D eigenvalue weighted by molar-refractivity contribution is 5.94. The Labute approximate surface area is 201 Å². The first kappa shape index (κ1) is 22.6. The van der Waals surface area contributed by atoms with Gasteiger partial charge in [0.25, 0.3) is 5.91 Å². The molecule has 0 unspecified atom stereocenters. The van der Waals surface area contributed by atoms with Crippen molar-refractivity contribution in [3.05, 3.63) is 94.8 Å². The number of aromatic nitrogens is 1. The second kappa shape index (κ2) is 10.4. The van der Waals surface area contributed by atoms with Gasteiger partial charge in [0.2, 0.25) is 0 Å². The fraction of sp³-hybridized carbons (Fsp3) is 0.357. The lowest BCUT2D eigenvalue weighted by Gasteiger charge is -2.34. The molecule has 1 saturated heterocycles. The van der Waals surface area contributed by atoms with Crippen molar-refractivity contribution in [2.24, 2.45) is 0 Å². The van der Waals surface area contributed by atoms with Gasteiger partial charge in [-0.25, -0.2) is 0 Å². The van der Waals surface area contributed by atoms with Crippen LogP contribution in [0.15, 0.2) is 66.9 Å². The topological polar surface area (TPSA) is 48.9 Å². The van der Waals surface area contributed by atoms with Gasteiger partial charge < -0.3 is 9.64 Å². The number of rotatable bonds is 5. The molecule has 1 fully saturated rings. The van der Waals surface area contributed by atoms with Crippen LogP contribution in [0.4, 0.5) is 0 Å². The summed E-state index contributed by atoms with van der Waals surface area (Å²) in [5, 5.41) is 0. The van der Waals surface area contributed by atoms with Crippen LogP contribution in [-0.2, 0) is 19.6 Å². The molecule has 3 aromatic rings. The molecule has 0 atom stereocenters. The standard InChI is InChI=1S/C28H32N4O2/c1-22-5-8-24(9-6-22)28(33)32-16-17-34-27-10-7-23(18-25(27)20-32)19-30-12-14-31(15-13-30)21-26-4-2-3-11-29-26/h2-11,18H,12-17,19-21H2,1H3. The van der Waals surface area contributed by atoms with Crippen LogP contribution >= 0.6 is 0 Å². The molecular formula is C28H32N4O2. The number of piperazine rings is 1. The molecule has 0 aliphatic carbocycles. The number of fused-ring (bicyclic) bond motifs is 1. The van der Waals surface area contributed by atoms with E-state index in [4.69, 9.17) is 4.74 Å². The molecule has 2 aliphatic rings. The van der Waals surface area contributed by atoms with E-state index in [-0.39, 0.29) is 5.91 Å². The van der Waals surface area contributed by atoms with E-state index in [1.165, 1.54) is 5.56 Å². The van der Waals surface area contributed by atoms with Crippen molar-refractivity contribution >= 4 is 5.91 Å². The predicted molar refractivity (Wildman–Crippen MR) is 133 cm³/mol. The van der Waals surface area contributed by atoms with Gasteiger partial charge in [0.15, 0.2) is 0 Å². The van der Waals surface area contributed by atoms with Crippen molar-refractivity contribution in [2.75, 3.05) is 39.3 Å². The molecule has 0 saturated carbocycles. The Hall–Kier alpha value is -3.22. The monoisotopic (exact) mass is 456 g/mol. The quantitative estimate of drug-likeness (QED) is 0.585. The number of amides is 1. The van der Waals surface area contributed by atoms with Crippen LogP contribution in [0.3, 0.4) is 0 Å². The molecule has 0 spiro atoms. The number of hydrogen-bond donors (Lipinski definition) is 0. The summed E-state index contributed by atoms with van der Waals surface area (Å²) in [6, 6.07) is 20.4. The highest BCUT2D eigenvalue weighted by Gasteiger charge is 2.22. The van der Waals surface area contributed by atoms with Crippen LogP contribution in [-0.4, -0.2) is 64.9 Å². The minimum atomic E-state index is 0.0610. The summed E-state index contributed by atoms with van der Waals surface area (Å²) in [5.74, 6) is 0.953. The van der Waals surface area contributed by atoms with Crippen LogP contribution in [0, 0.1) is 6.92 Å². The molecular weight excluding hydrogens is 424 g/mol. The van der Waals surface area contributed by atoms with Gasteiger partial charge in [-0.15, -0.1) is 0 Å². The molecule has 0 bridgehead atoms. The van der Waals surface area contributed by atoms with Crippen molar-refractivity contribution < 1.29 is 9.53 Å². The van der Waals surface area contributed by atoms with Gasteiger partial charge in [-0.2, -0.15) is 0 Å². The van der Waals surface area contributed by atoms with Gasteiger partial charge in [0.05, 0.1) is 12.2 Å². The van der Waals surface area contributed by atoms with E-state index in [1.807, 2.05) is 48.4 Å². The third-order valence-corrected chi connectivity index (χ3v) is 6.67. The van der Waals surface area contributed by atoms with Gasteiger partial charge >= 0.3 is 0 Å². The number of nitrogens with zero attached hydrogens (tertiary/aromatic N) is 4. The van der Waals surface area contributed by atoms with Crippen molar-refractivity contribution in [3.8, 4) is 5.75 Å². The molecule has 0 radical (unpaired) electrons. The number of ether oxygens (including phenoxy) is 1. The second-order valence-corrected chi connectivity index (χ2v) is 9.26. The zero-order valence-electron chi connectivity index (χ0n) is 19.8. The summed E-state index contributed by atoms with van der Waals surface area (Å²) < 4.78 is 5.98. The first-order chi connectivity index (χ1) is 16.6. The number of hydrogen-bond acceptors (Lipinski definition) is 5. The van der Waals surface area contributed by atoms with Gasteiger partial charge in [0, 0.05) is 63.1 Å². The van der Waals surface area contributed by atoms with E-state index in [0.717, 1.165) is 67.4 Å². The average molecular weight is 457 g/mol. The first-order valence-electron chi connectivity index (χ1n) is 12.1. The third kappa shape index (κ3) is 5.46. The van der Waals surface area contributed by atoms with Crippen LogP contribution in [0.25, 0.3) is 0 Å². The number of pyridine rings is 1. The predicted octanol–water partition coefficient (Wildman–Crippen LogP) is 3.74. The third-order valence-electron chi connectivity index (χ3n) is 6.67. The summed E-state index contributed by atoms with van der Waals surface area (Å²) >= 11 is 0. The van der Waals surface area contributed by atoms with Crippen LogP contribution in [0.5, 0.6) is 5.75 Å². The van der Waals surface area contributed by atoms with Gasteiger partial charge in [-0.1, -0.05) is 29.8 Å². The summed E-state index contributed by atoms with van der Waals surface area (Å²) in [6.07, 6.45) is 1.86. The zero-order valence-corrected chi connectivity index (χ0v) is 19.8. The molecule has 6 nitrogen and oxygen atoms in total. The van der Waals surface area contributed by atoms with E-state index >= 15 is 0 Å². The van der Waals surface area contributed by atoms with E-state index in [9.17, 15) is 4.79 Å². The van der Waals surface area contributed by atoms with Crippen molar-refractivity contribution in [3.63, 3.8) is 0 Å². The summed E-state index contributed by atoms with van der Waals surface area (Å²) in [5.41, 5.74) is 5.37. The normalized spacial score (nSPS) is 17.0. The maximum Gasteiger partial charge on any atom is 0.254 e. The molecule has 34 heavy (non-hydrogen) atoms. The number of aryl methyl sites for hydroxylation is 1. The molecule has 1 amide bonds.